The summed E-state index contributed by atoms with van der Waals surface area (Å²) < 4.78 is 43.9. The molecule has 0 aliphatic heterocycles. The Bertz CT molecular complexity index is 1120. The molecule has 28 heavy (non-hydrogen) atoms. The molecule has 0 atom stereocenters. The molecule has 0 radical (unpaired) electrons. The maximum absolute atomic E-state index is 12.9. The molecule has 1 aromatic carbocycles. The summed E-state index contributed by atoms with van der Waals surface area (Å²) in [6.45, 7) is 0. The average Bonchev–Trinajstić information content (AvgIpc) is 3.11. The van der Waals surface area contributed by atoms with Gasteiger partial charge in [-0.15, -0.1) is 0 Å². The van der Waals surface area contributed by atoms with E-state index in [1.807, 2.05) is 0 Å². The minimum atomic E-state index is -4.41. The van der Waals surface area contributed by atoms with Crippen LogP contribution in [0.5, 0.6) is 5.75 Å². The van der Waals surface area contributed by atoms with Gasteiger partial charge in [0, 0.05) is 11.6 Å². The van der Waals surface area contributed by atoms with Gasteiger partial charge in [-0.2, -0.15) is 13.2 Å². The Morgan fingerprint density at radius 1 is 1.00 bits per heavy atom. The predicted molar refractivity (Wildman–Crippen MR) is 98.4 cm³/mol. The highest BCUT2D eigenvalue weighted by Crippen LogP contribution is 2.32. The molecule has 0 saturated carbocycles. The van der Waals surface area contributed by atoms with Gasteiger partial charge < -0.3 is 15.0 Å². The number of hydrogen-bond acceptors (Lipinski definition) is 5. The van der Waals surface area contributed by atoms with Gasteiger partial charge in [-0.25, -0.2) is 15.0 Å². The molecule has 3 aromatic heterocycles. The van der Waals surface area contributed by atoms with E-state index < -0.39 is 11.7 Å². The third-order valence-corrected chi connectivity index (χ3v) is 4.06. The predicted octanol–water partition coefficient (Wildman–Crippen LogP) is 4.79. The molecule has 0 saturated heterocycles. The number of fused-ring (bicyclic) bond motifs is 1. The zero-order chi connectivity index (χ0) is 19.7. The van der Waals surface area contributed by atoms with Crippen LogP contribution in [0.3, 0.4) is 0 Å². The van der Waals surface area contributed by atoms with Gasteiger partial charge in [-0.1, -0.05) is 12.1 Å². The van der Waals surface area contributed by atoms with Gasteiger partial charge >= 0.3 is 6.18 Å². The Balaban J connectivity index is 1.63. The first-order valence-electron chi connectivity index (χ1n) is 8.23. The van der Waals surface area contributed by atoms with Crippen molar-refractivity contribution in [3.05, 3.63) is 60.4 Å². The van der Waals surface area contributed by atoms with E-state index >= 15 is 0 Å². The second-order valence-electron chi connectivity index (χ2n) is 5.96. The standard InChI is InChI=1S/C19H14F3N5O/c1-28-13-5-6-16(23-9-13)27-17-8-14-15(10-24-17)26-18(25-14)11-3-2-4-12(7-11)19(20,21)22/h2-10H,1H3,(H,25,26)(H,23,24,27). The maximum atomic E-state index is 12.9. The molecule has 142 valence electrons. The minimum absolute atomic E-state index is 0.336. The van der Waals surface area contributed by atoms with Crippen molar-refractivity contribution >= 4 is 22.7 Å². The smallest absolute Gasteiger partial charge is 0.416 e. The van der Waals surface area contributed by atoms with E-state index in [4.69, 9.17) is 4.74 Å². The molecule has 3 heterocycles. The average molecular weight is 385 g/mol. The fourth-order valence-electron chi connectivity index (χ4n) is 2.66. The molecule has 0 aliphatic carbocycles. The zero-order valence-corrected chi connectivity index (χ0v) is 14.6. The molecule has 4 aromatic rings. The first-order valence-corrected chi connectivity index (χ1v) is 8.23. The Morgan fingerprint density at radius 2 is 1.82 bits per heavy atom. The second kappa shape index (κ2) is 6.84. The first-order chi connectivity index (χ1) is 13.4. The lowest BCUT2D eigenvalue weighted by atomic mass is 10.1. The van der Waals surface area contributed by atoms with Gasteiger partial charge in [0.2, 0.25) is 0 Å². The van der Waals surface area contributed by atoms with E-state index in [1.54, 1.807) is 43.8 Å². The van der Waals surface area contributed by atoms with Gasteiger partial charge in [0.25, 0.3) is 0 Å². The first kappa shape index (κ1) is 17.8. The van der Waals surface area contributed by atoms with Crippen LogP contribution in [0.4, 0.5) is 24.8 Å². The van der Waals surface area contributed by atoms with Gasteiger partial charge in [-0.05, 0) is 24.3 Å². The number of pyridine rings is 2. The number of imidazole rings is 1. The molecular formula is C19H14F3N5O. The highest BCUT2D eigenvalue weighted by Gasteiger charge is 2.30. The number of nitrogens with zero attached hydrogens (tertiary/aromatic N) is 3. The number of alkyl halides is 3. The summed E-state index contributed by atoms with van der Waals surface area (Å²) >= 11 is 0. The SMILES string of the molecule is COc1ccc(Nc2cc3nc(-c4cccc(C(F)(F)F)c4)[nH]c3cn2)nc1. The van der Waals surface area contributed by atoms with Crippen LogP contribution in [0.25, 0.3) is 22.4 Å². The van der Waals surface area contributed by atoms with Crippen LogP contribution in [-0.4, -0.2) is 27.0 Å². The number of aromatic amines is 1. The van der Waals surface area contributed by atoms with Crippen molar-refractivity contribution in [2.24, 2.45) is 0 Å². The van der Waals surface area contributed by atoms with E-state index in [-0.39, 0.29) is 0 Å². The second-order valence-corrected chi connectivity index (χ2v) is 5.96. The third kappa shape index (κ3) is 3.59. The van der Waals surface area contributed by atoms with E-state index in [1.165, 1.54) is 6.07 Å². The fourth-order valence-corrected chi connectivity index (χ4v) is 2.66. The Hall–Kier alpha value is -3.62. The van der Waals surface area contributed by atoms with Gasteiger partial charge in [0.1, 0.15) is 23.2 Å². The van der Waals surface area contributed by atoms with Crippen molar-refractivity contribution in [3.63, 3.8) is 0 Å². The molecule has 0 fully saturated rings. The summed E-state index contributed by atoms with van der Waals surface area (Å²) in [6.07, 6.45) is -1.28. The van der Waals surface area contributed by atoms with E-state index in [2.05, 4.69) is 25.3 Å². The van der Waals surface area contributed by atoms with Crippen molar-refractivity contribution in [3.8, 4) is 17.1 Å². The molecule has 0 unspecified atom stereocenters. The molecule has 0 bridgehead atoms. The zero-order valence-electron chi connectivity index (χ0n) is 14.6. The number of anilines is 2. The summed E-state index contributed by atoms with van der Waals surface area (Å²) in [5.41, 5.74) is 0.799. The van der Waals surface area contributed by atoms with Crippen molar-refractivity contribution in [1.29, 1.82) is 0 Å². The van der Waals surface area contributed by atoms with E-state index in [9.17, 15) is 13.2 Å². The molecule has 6 nitrogen and oxygen atoms in total. The third-order valence-electron chi connectivity index (χ3n) is 4.06. The quantitative estimate of drug-likeness (QED) is 0.528. The number of benzene rings is 1. The molecule has 0 spiro atoms. The van der Waals surface area contributed by atoms with Crippen molar-refractivity contribution in [1.82, 2.24) is 19.9 Å². The Labute approximate surface area is 157 Å². The maximum Gasteiger partial charge on any atom is 0.416 e. The fraction of sp³-hybridized carbons (Fsp3) is 0.105. The van der Waals surface area contributed by atoms with Crippen LogP contribution in [0, 0.1) is 0 Å². The lowest BCUT2D eigenvalue weighted by Crippen LogP contribution is -2.04. The minimum Gasteiger partial charge on any atom is -0.495 e. The number of hydrogen-bond donors (Lipinski definition) is 2. The largest absolute Gasteiger partial charge is 0.495 e. The van der Waals surface area contributed by atoms with Crippen molar-refractivity contribution in [2.75, 3.05) is 12.4 Å². The normalized spacial score (nSPS) is 11.6. The summed E-state index contributed by atoms with van der Waals surface area (Å²) in [4.78, 5) is 15.9. The summed E-state index contributed by atoms with van der Waals surface area (Å²) in [6, 6.07) is 10.2. The van der Waals surface area contributed by atoms with Gasteiger partial charge in [0.05, 0.1) is 36.1 Å². The number of ether oxygens (including phenoxy) is 1. The number of methoxy groups -OCH3 is 1. The summed E-state index contributed by atoms with van der Waals surface area (Å²) in [5.74, 6) is 2.04. The molecule has 0 aliphatic rings. The van der Waals surface area contributed by atoms with Crippen LogP contribution >= 0.6 is 0 Å². The van der Waals surface area contributed by atoms with Crippen LogP contribution < -0.4 is 10.1 Å². The highest BCUT2D eigenvalue weighted by molar-refractivity contribution is 5.81. The van der Waals surface area contributed by atoms with Crippen molar-refractivity contribution in [2.45, 2.75) is 6.18 Å². The van der Waals surface area contributed by atoms with Crippen LogP contribution in [-0.2, 0) is 6.18 Å². The highest BCUT2D eigenvalue weighted by atomic mass is 19.4. The van der Waals surface area contributed by atoms with Crippen molar-refractivity contribution < 1.29 is 17.9 Å². The number of H-pyrrole nitrogens is 1. The van der Waals surface area contributed by atoms with Crippen LogP contribution in [0.15, 0.2) is 54.9 Å². The Morgan fingerprint density at radius 3 is 2.54 bits per heavy atom. The number of rotatable bonds is 4. The van der Waals surface area contributed by atoms with E-state index in [0.717, 1.165) is 12.1 Å². The lowest BCUT2D eigenvalue weighted by molar-refractivity contribution is -0.137. The molecule has 0 amide bonds. The topological polar surface area (TPSA) is 75.7 Å². The van der Waals surface area contributed by atoms with Gasteiger partial charge in [0.15, 0.2) is 0 Å². The monoisotopic (exact) mass is 385 g/mol. The molecule has 2 N–H and O–H groups in total. The van der Waals surface area contributed by atoms with Crippen LogP contribution in [0.1, 0.15) is 5.56 Å². The summed E-state index contributed by atoms with van der Waals surface area (Å²) in [7, 11) is 1.55. The Kier molecular flexibility index (Phi) is 4.34. The number of halogens is 3. The molecule has 9 heteroatoms. The van der Waals surface area contributed by atoms with Gasteiger partial charge in [-0.3, -0.25) is 0 Å². The molecule has 4 rings (SSSR count). The van der Waals surface area contributed by atoms with Crippen LogP contribution in [0.2, 0.25) is 0 Å². The number of aromatic nitrogens is 4. The van der Waals surface area contributed by atoms with E-state index in [0.29, 0.717) is 39.8 Å². The summed E-state index contributed by atoms with van der Waals surface area (Å²) in [5, 5.41) is 3.04. The molecular weight excluding hydrogens is 371 g/mol. The number of nitrogens with one attached hydrogen (secondary N) is 2. The lowest BCUT2D eigenvalue weighted by Gasteiger charge is -2.07.